The topological polar surface area (TPSA) is 68.3 Å². The van der Waals surface area contributed by atoms with Gasteiger partial charge in [-0.25, -0.2) is 0 Å². The standard InChI is InChI=1S/C22H19ClN2O3S/c1-15(26)20-7-8-21(29-20)17-5-6-18(23)19(13-17)28-12-11-25-22(27)9-4-16-3-2-10-24-14-16/h2-10,13-14H,11-12H2,1H3,(H,25,27)/b9-4-. The maximum Gasteiger partial charge on any atom is 0.244 e. The lowest BCUT2D eigenvalue weighted by molar-refractivity contribution is -0.116. The van der Waals surface area contributed by atoms with Gasteiger partial charge in [-0.1, -0.05) is 23.7 Å². The number of carbonyl (C=O) groups excluding carboxylic acids is 2. The van der Waals surface area contributed by atoms with Gasteiger partial charge in [-0.05, 0) is 54.5 Å². The predicted octanol–water partition coefficient (Wildman–Crippen LogP) is 4.87. The Bertz CT molecular complexity index is 1030. The summed E-state index contributed by atoms with van der Waals surface area (Å²) in [5, 5.41) is 3.24. The van der Waals surface area contributed by atoms with Crippen molar-refractivity contribution in [3.05, 3.63) is 76.4 Å². The number of Topliss-reactive ketones (excluding diaryl/α,β-unsaturated/α-hetero) is 1. The van der Waals surface area contributed by atoms with E-state index in [9.17, 15) is 9.59 Å². The summed E-state index contributed by atoms with van der Waals surface area (Å²) in [6, 6.07) is 12.9. The van der Waals surface area contributed by atoms with Gasteiger partial charge in [0.1, 0.15) is 12.4 Å². The minimum Gasteiger partial charge on any atom is -0.490 e. The number of hydrogen-bond donors (Lipinski definition) is 1. The molecule has 1 amide bonds. The lowest BCUT2D eigenvalue weighted by atomic mass is 10.2. The summed E-state index contributed by atoms with van der Waals surface area (Å²) >= 11 is 7.65. The van der Waals surface area contributed by atoms with Crippen LogP contribution in [-0.2, 0) is 4.79 Å². The van der Waals surface area contributed by atoms with Crippen LogP contribution in [0.4, 0.5) is 0 Å². The molecule has 1 aromatic carbocycles. The highest BCUT2D eigenvalue weighted by Gasteiger charge is 2.09. The van der Waals surface area contributed by atoms with Crippen molar-refractivity contribution in [1.82, 2.24) is 10.3 Å². The molecule has 2 aromatic heterocycles. The molecular formula is C22H19ClN2O3S. The van der Waals surface area contributed by atoms with E-state index in [2.05, 4.69) is 10.3 Å². The first-order valence-corrected chi connectivity index (χ1v) is 10.1. The van der Waals surface area contributed by atoms with Gasteiger partial charge in [-0.2, -0.15) is 0 Å². The van der Waals surface area contributed by atoms with E-state index in [1.165, 1.54) is 17.4 Å². The molecule has 0 aliphatic carbocycles. The predicted molar refractivity (Wildman–Crippen MR) is 117 cm³/mol. The van der Waals surface area contributed by atoms with Crippen LogP contribution in [0, 0.1) is 0 Å². The van der Waals surface area contributed by atoms with Gasteiger partial charge < -0.3 is 10.1 Å². The van der Waals surface area contributed by atoms with Crippen molar-refractivity contribution in [2.24, 2.45) is 0 Å². The van der Waals surface area contributed by atoms with Gasteiger partial charge in [-0.15, -0.1) is 11.3 Å². The maximum absolute atomic E-state index is 11.9. The fraction of sp³-hybridized carbons (Fsp3) is 0.136. The Balaban J connectivity index is 1.53. The SMILES string of the molecule is CC(=O)c1ccc(-c2ccc(Cl)c(OCCNC(=O)/C=C\c3cccnc3)c2)s1. The molecule has 0 unspecified atom stereocenters. The summed E-state index contributed by atoms with van der Waals surface area (Å²) in [6.45, 7) is 2.16. The number of ketones is 1. The highest BCUT2D eigenvalue weighted by molar-refractivity contribution is 7.17. The van der Waals surface area contributed by atoms with Crippen LogP contribution in [0.15, 0.2) is 60.9 Å². The summed E-state index contributed by atoms with van der Waals surface area (Å²) < 4.78 is 5.72. The van der Waals surface area contributed by atoms with Gasteiger partial charge in [0.25, 0.3) is 0 Å². The largest absolute Gasteiger partial charge is 0.490 e. The van der Waals surface area contributed by atoms with E-state index in [-0.39, 0.29) is 18.3 Å². The van der Waals surface area contributed by atoms with Crippen molar-refractivity contribution >= 4 is 40.7 Å². The quantitative estimate of drug-likeness (QED) is 0.317. The first-order chi connectivity index (χ1) is 14.0. The second kappa shape index (κ2) is 10.0. The van der Waals surface area contributed by atoms with Crippen molar-refractivity contribution in [1.29, 1.82) is 0 Å². The average molecular weight is 427 g/mol. The molecule has 0 fully saturated rings. The first kappa shape index (κ1) is 20.8. The second-order valence-corrected chi connectivity index (χ2v) is 7.62. The van der Waals surface area contributed by atoms with Gasteiger partial charge in [0.15, 0.2) is 5.78 Å². The van der Waals surface area contributed by atoms with E-state index in [4.69, 9.17) is 16.3 Å². The number of thiophene rings is 1. The Hall–Kier alpha value is -2.96. The molecule has 0 aliphatic heterocycles. The minimum atomic E-state index is -0.215. The fourth-order valence-corrected chi connectivity index (χ4v) is 3.56. The van der Waals surface area contributed by atoms with Gasteiger partial charge in [0.2, 0.25) is 5.91 Å². The number of amides is 1. The molecule has 7 heteroatoms. The number of nitrogens with one attached hydrogen (secondary N) is 1. The van der Waals surface area contributed by atoms with Crippen molar-refractivity contribution in [3.63, 3.8) is 0 Å². The Kier molecular flexibility index (Phi) is 7.16. The Morgan fingerprint density at radius 1 is 1.24 bits per heavy atom. The fourth-order valence-electron chi connectivity index (χ4n) is 2.49. The molecule has 0 atom stereocenters. The molecule has 0 aliphatic rings. The number of aromatic nitrogens is 1. The third kappa shape index (κ3) is 6.01. The molecular weight excluding hydrogens is 408 g/mol. The number of carbonyl (C=O) groups is 2. The molecule has 148 valence electrons. The number of benzene rings is 1. The average Bonchev–Trinajstić information content (AvgIpc) is 3.22. The Labute approximate surface area is 178 Å². The minimum absolute atomic E-state index is 0.0417. The van der Waals surface area contributed by atoms with Gasteiger partial charge in [0.05, 0.1) is 16.4 Å². The molecule has 3 rings (SSSR count). The molecule has 0 saturated heterocycles. The number of pyridine rings is 1. The van der Waals surface area contributed by atoms with Gasteiger partial charge in [0, 0.05) is 23.3 Å². The molecule has 0 radical (unpaired) electrons. The zero-order valence-corrected chi connectivity index (χ0v) is 17.3. The molecule has 0 bridgehead atoms. The van der Waals surface area contributed by atoms with Crippen molar-refractivity contribution < 1.29 is 14.3 Å². The number of hydrogen-bond acceptors (Lipinski definition) is 5. The molecule has 29 heavy (non-hydrogen) atoms. The zero-order valence-electron chi connectivity index (χ0n) is 15.7. The summed E-state index contributed by atoms with van der Waals surface area (Å²) in [5.41, 5.74) is 1.77. The number of rotatable bonds is 8. The number of halogens is 1. The summed E-state index contributed by atoms with van der Waals surface area (Å²) in [7, 11) is 0. The van der Waals surface area contributed by atoms with E-state index < -0.39 is 0 Å². The molecule has 0 spiro atoms. The van der Waals surface area contributed by atoms with Crippen molar-refractivity contribution in [2.45, 2.75) is 6.92 Å². The zero-order chi connectivity index (χ0) is 20.6. The lowest BCUT2D eigenvalue weighted by Gasteiger charge is -2.10. The Morgan fingerprint density at radius 3 is 2.83 bits per heavy atom. The third-order valence-electron chi connectivity index (χ3n) is 3.94. The van der Waals surface area contributed by atoms with E-state index in [0.29, 0.717) is 22.2 Å². The second-order valence-electron chi connectivity index (χ2n) is 6.12. The van der Waals surface area contributed by atoms with Crippen LogP contribution in [0.3, 0.4) is 0 Å². The number of ether oxygens (including phenoxy) is 1. The van der Waals surface area contributed by atoms with Gasteiger partial charge >= 0.3 is 0 Å². The van der Waals surface area contributed by atoms with Crippen LogP contribution in [0.5, 0.6) is 5.75 Å². The third-order valence-corrected chi connectivity index (χ3v) is 5.49. The van der Waals surface area contributed by atoms with Crippen LogP contribution >= 0.6 is 22.9 Å². The molecule has 3 aromatic rings. The molecule has 2 heterocycles. The highest BCUT2D eigenvalue weighted by atomic mass is 35.5. The van der Waals surface area contributed by atoms with Crippen LogP contribution < -0.4 is 10.1 Å². The molecule has 5 nitrogen and oxygen atoms in total. The molecule has 0 saturated carbocycles. The summed E-state index contributed by atoms with van der Waals surface area (Å²) in [5.74, 6) is 0.356. The van der Waals surface area contributed by atoms with E-state index in [1.807, 2.05) is 30.3 Å². The Morgan fingerprint density at radius 2 is 2.10 bits per heavy atom. The normalized spacial score (nSPS) is 10.8. The van der Waals surface area contributed by atoms with Crippen molar-refractivity contribution in [3.8, 4) is 16.2 Å². The van der Waals surface area contributed by atoms with Crippen LogP contribution in [-0.4, -0.2) is 29.8 Å². The summed E-state index contributed by atoms with van der Waals surface area (Å²) in [4.78, 5) is 29.0. The smallest absolute Gasteiger partial charge is 0.244 e. The van der Waals surface area contributed by atoms with Crippen LogP contribution in [0.1, 0.15) is 22.2 Å². The van der Waals surface area contributed by atoms with Crippen LogP contribution in [0.2, 0.25) is 5.02 Å². The maximum atomic E-state index is 11.9. The molecule has 1 N–H and O–H groups in total. The van der Waals surface area contributed by atoms with Crippen molar-refractivity contribution in [2.75, 3.05) is 13.2 Å². The van der Waals surface area contributed by atoms with E-state index in [0.717, 1.165) is 16.0 Å². The van der Waals surface area contributed by atoms with E-state index >= 15 is 0 Å². The van der Waals surface area contributed by atoms with E-state index in [1.54, 1.807) is 37.5 Å². The summed E-state index contributed by atoms with van der Waals surface area (Å²) in [6.07, 6.45) is 6.50. The van der Waals surface area contributed by atoms with Crippen LogP contribution in [0.25, 0.3) is 16.5 Å². The van der Waals surface area contributed by atoms with Gasteiger partial charge in [-0.3, -0.25) is 14.6 Å². The monoisotopic (exact) mass is 426 g/mol. The highest BCUT2D eigenvalue weighted by Crippen LogP contribution is 2.34. The first-order valence-electron chi connectivity index (χ1n) is 8.92. The lowest BCUT2D eigenvalue weighted by Crippen LogP contribution is -2.26. The number of nitrogens with zero attached hydrogens (tertiary/aromatic N) is 1.